The monoisotopic (exact) mass is 514 g/mol. The molecule has 0 saturated heterocycles. The predicted molar refractivity (Wildman–Crippen MR) is 170 cm³/mol. The highest BCUT2D eigenvalue weighted by Crippen LogP contribution is 2.46. The van der Waals surface area contributed by atoms with E-state index in [1.807, 2.05) is 24.3 Å². The summed E-state index contributed by atoms with van der Waals surface area (Å²) in [5, 5.41) is 4.59. The van der Waals surface area contributed by atoms with Crippen LogP contribution in [0.25, 0.3) is 54.9 Å². The average Bonchev–Trinajstić information content (AvgIpc) is 3.02. The van der Waals surface area contributed by atoms with E-state index in [1.165, 1.54) is 0 Å². The molecule has 0 amide bonds. The molecule has 0 aromatic heterocycles. The van der Waals surface area contributed by atoms with Crippen LogP contribution < -0.4 is 9.47 Å². The third-order valence-corrected chi connectivity index (χ3v) is 7.73. The first-order chi connectivity index (χ1) is 19.7. The van der Waals surface area contributed by atoms with Crippen LogP contribution in [0.15, 0.2) is 109 Å². The van der Waals surface area contributed by atoms with Crippen molar-refractivity contribution >= 4 is 37.2 Å². The molecular weight excluding hydrogens is 486 g/mol. The largest absolute Gasteiger partial charge is 0.497 e. The highest BCUT2D eigenvalue weighted by molar-refractivity contribution is 6.17. The van der Waals surface area contributed by atoms with Crippen LogP contribution in [0, 0.1) is 0 Å². The molecule has 4 radical (unpaired) electrons. The Kier molecular flexibility index (Phi) is 7.09. The molecular formula is C36H28B2O2. The fraction of sp³-hybridized carbons (Fsp3) is 0.111. The minimum atomic E-state index is 0.369. The molecule has 4 heteroatoms. The first kappa shape index (κ1) is 25.8. The zero-order valence-electron chi connectivity index (χ0n) is 22.8. The summed E-state index contributed by atoms with van der Waals surface area (Å²) in [6, 6.07) is 37.9. The second-order valence-corrected chi connectivity index (χ2v) is 9.87. The zero-order valence-corrected chi connectivity index (χ0v) is 22.8. The third-order valence-electron chi connectivity index (χ3n) is 7.73. The van der Waals surface area contributed by atoms with Crippen LogP contribution in [0.1, 0.15) is 11.1 Å². The lowest BCUT2D eigenvalue weighted by atomic mass is 9.76. The zero-order chi connectivity index (χ0) is 27.6. The first-order valence-corrected chi connectivity index (χ1v) is 13.5. The molecule has 6 rings (SSSR count). The smallest absolute Gasteiger partial charge is 0.119 e. The number of methoxy groups -OCH3 is 2. The molecule has 6 aromatic rings. The van der Waals surface area contributed by atoms with Crippen LogP contribution in [0.3, 0.4) is 0 Å². The number of hydrogen-bond acceptors (Lipinski definition) is 2. The van der Waals surface area contributed by atoms with Crippen molar-refractivity contribution in [2.24, 2.45) is 0 Å². The fourth-order valence-electron chi connectivity index (χ4n) is 5.87. The minimum absolute atomic E-state index is 0.369. The van der Waals surface area contributed by atoms with Gasteiger partial charge in [-0.2, -0.15) is 0 Å². The van der Waals surface area contributed by atoms with Gasteiger partial charge in [-0.1, -0.05) is 85.4 Å². The summed E-state index contributed by atoms with van der Waals surface area (Å²) < 4.78 is 11.1. The summed E-state index contributed by atoms with van der Waals surface area (Å²) in [5.41, 5.74) is 8.72. The van der Waals surface area contributed by atoms with Gasteiger partial charge in [0, 0.05) is 0 Å². The molecule has 0 aliphatic heterocycles. The standard InChI is InChI=1S/C36H28B2O2/c1-39-27-13-7-11-23(17-27)31-19-25-9-3-5-15-29(25)35(33(31)21-37)36-30-16-6-4-10-26(30)20-32(34(36)22-38)24-12-8-14-28(18-24)40-2/h3-20H,21-22H2,1-2H3. The van der Waals surface area contributed by atoms with Gasteiger partial charge in [-0.3, -0.25) is 0 Å². The molecule has 0 bridgehead atoms. The van der Waals surface area contributed by atoms with E-state index in [-0.39, 0.29) is 0 Å². The van der Waals surface area contributed by atoms with Crippen LogP contribution in [-0.4, -0.2) is 29.9 Å². The molecule has 6 aromatic carbocycles. The van der Waals surface area contributed by atoms with Gasteiger partial charge in [-0.25, -0.2) is 0 Å². The van der Waals surface area contributed by atoms with Crippen molar-refractivity contribution in [3.05, 3.63) is 120 Å². The molecule has 0 spiro atoms. The predicted octanol–water partition coefficient (Wildman–Crippen LogP) is 8.35. The normalized spacial score (nSPS) is 11.2. The molecule has 0 aliphatic rings. The van der Waals surface area contributed by atoms with Gasteiger partial charge < -0.3 is 9.47 Å². The van der Waals surface area contributed by atoms with E-state index in [9.17, 15) is 0 Å². The van der Waals surface area contributed by atoms with Crippen LogP contribution >= 0.6 is 0 Å². The molecule has 0 aliphatic carbocycles. The van der Waals surface area contributed by atoms with Gasteiger partial charge in [0.15, 0.2) is 0 Å². The number of benzene rings is 6. The van der Waals surface area contributed by atoms with Crippen molar-refractivity contribution in [3.8, 4) is 44.9 Å². The van der Waals surface area contributed by atoms with E-state index in [0.29, 0.717) is 12.6 Å². The van der Waals surface area contributed by atoms with Gasteiger partial charge >= 0.3 is 0 Å². The average molecular weight is 514 g/mol. The van der Waals surface area contributed by atoms with Crippen LogP contribution in [-0.2, 0) is 12.6 Å². The Hall–Kier alpha value is -4.43. The highest BCUT2D eigenvalue weighted by atomic mass is 16.5. The van der Waals surface area contributed by atoms with Crippen LogP contribution in [0.4, 0.5) is 0 Å². The van der Waals surface area contributed by atoms with Crippen molar-refractivity contribution in [1.82, 2.24) is 0 Å². The maximum absolute atomic E-state index is 6.63. The topological polar surface area (TPSA) is 18.5 Å². The van der Waals surface area contributed by atoms with Gasteiger partial charge in [0.2, 0.25) is 0 Å². The van der Waals surface area contributed by atoms with Gasteiger partial charge in [0.1, 0.15) is 11.5 Å². The summed E-state index contributed by atoms with van der Waals surface area (Å²) >= 11 is 0. The van der Waals surface area contributed by atoms with Crippen molar-refractivity contribution < 1.29 is 9.47 Å². The van der Waals surface area contributed by atoms with Crippen molar-refractivity contribution in [1.29, 1.82) is 0 Å². The van der Waals surface area contributed by atoms with Crippen molar-refractivity contribution in [2.75, 3.05) is 14.2 Å². The second-order valence-electron chi connectivity index (χ2n) is 9.87. The first-order valence-electron chi connectivity index (χ1n) is 13.5. The van der Waals surface area contributed by atoms with E-state index in [1.54, 1.807) is 14.2 Å². The van der Waals surface area contributed by atoms with E-state index in [2.05, 4.69) is 84.9 Å². The Balaban J connectivity index is 1.78. The van der Waals surface area contributed by atoms with Gasteiger partial charge in [-0.05, 0) is 102 Å². The maximum Gasteiger partial charge on any atom is 0.119 e. The molecule has 0 unspecified atom stereocenters. The Labute approximate surface area is 238 Å². The fourth-order valence-corrected chi connectivity index (χ4v) is 5.87. The lowest BCUT2D eigenvalue weighted by Crippen LogP contribution is -2.02. The molecule has 0 atom stereocenters. The lowest BCUT2D eigenvalue weighted by Gasteiger charge is -2.24. The van der Waals surface area contributed by atoms with Crippen LogP contribution in [0.2, 0.25) is 0 Å². The minimum Gasteiger partial charge on any atom is -0.497 e. The summed E-state index contributed by atoms with van der Waals surface area (Å²) in [7, 11) is 16.6. The van der Waals surface area contributed by atoms with E-state index in [0.717, 1.165) is 77.6 Å². The number of rotatable bonds is 7. The highest BCUT2D eigenvalue weighted by Gasteiger charge is 2.22. The number of fused-ring (bicyclic) bond motifs is 2. The second kappa shape index (κ2) is 11.0. The summed E-state index contributed by atoms with van der Waals surface area (Å²) in [6.45, 7) is 0. The molecule has 190 valence electrons. The number of ether oxygens (including phenoxy) is 2. The quantitative estimate of drug-likeness (QED) is 0.200. The molecule has 0 heterocycles. The summed E-state index contributed by atoms with van der Waals surface area (Å²) in [6.07, 6.45) is 0.739. The van der Waals surface area contributed by atoms with Crippen molar-refractivity contribution in [2.45, 2.75) is 12.6 Å². The Morgan fingerprint density at radius 1 is 0.500 bits per heavy atom. The van der Waals surface area contributed by atoms with Crippen molar-refractivity contribution in [3.63, 3.8) is 0 Å². The van der Waals surface area contributed by atoms with E-state index < -0.39 is 0 Å². The van der Waals surface area contributed by atoms with Gasteiger partial charge in [0.05, 0.1) is 29.9 Å². The molecule has 2 nitrogen and oxygen atoms in total. The summed E-state index contributed by atoms with van der Waals surface area (Å²) in [5.74, 6) is 1.62. The molecule has 40 heavy (non-hydrogen) atoms. The molecule has 0 fully saturated rings. The Morgan fingerprint density at radius 2 is 0.925 bits per heavy atom. The third kappa shape index (κ3) is 4.44. The van der Waals surface area contributed by atoms with Gasteiger partial charge in [-0.15, -0.1) is 0 Å². The summed E-state index contributed by atoms with van der Waals surface area (Å²) in [4.78, 5) is 0. The van der Waals surface area contributed by atoms with E-state index >= 15 is 0 Å². The SMILES string of the molecule is [B]Cc1c(-c2cccc(OC)c2)cc2ccccc2c1-c1c(C[B])c(-c2cccc(OC)c2)cc2ccccc12. The lowest BCUT2D eigenvalue weighted by molar-refractivity contribution is 0.415. The number of hydrogen-bond donors (Lipinski definition) is 0. The van der Waals surface area contributed by atoms with Gasteiger partial charge in [0.25, 0.3) is 0 Å². The Morgan fingerprint density at radius 3 is 1.32 bits per heavy atom. The maximum atomic E-state index is 6.63. The molecule has 0 saturated carbocycles. The van der Waals surface area contributed by atoms with Crippen LogP contribution in [0.5, 0.6) is 11.5 Å². The van der Waals surface area contributed by atoms with E-state index in [4.69, 9.17) is 25.2 Å². The Bertz CT molecular complexity index is 1720. The molecule has 0 N–H and O–H groups in total.